The van der Waals surface area contributed by atoms with Crippen LogP contribution < -0.4 is 5.73 Å². The van der Waals surface area contributed by atoms with Crippen molar-refractivity contribution in [3.05, 3.63) is 28.8 Å². The van der Waals surface area contributed by atoms with Crippen molar-refractivity contribution in [2.24, 2.45) is 5.73 Å². The van der Waals surface area contributed by atoms with Crippen molar-refractivity contribution in [3.8, 4) is 5.75 Å². The van der Waals surface area contributed by atoms with E-state index in [0.29, 0.717) is 10.6 Å². The van der Waals surface area contributed by atoms with E-state index in [-0.39, 0.29) is 12.2 Å². The predicted octanol–water partition coefficient (Wildman–Crippen LogP) is 2.57. The lowest BCUT2D eigenvalue weighted by Crippen LogP contribution is -2.45. The van der Waals surface area contributed by atoms with Crippen LogP contribution in [0.15, 0.2) is 18.2 Å². The number of rotatable bonds is 3. The van der Waals surface area contributed by atoms with Gasteiger partial charge in [0, 0.05) is 5.02 Å². The van der Waals surface area contributed by atoms with Crippen molar-refractivity contribution in [3.63, 3.8) is 0 Å². The molecule has 3 N–H and O–H groups in total. The number of halogens is 3. The molecule has 1 aromatic rings. The van der Waals surface area contributed by atoms with Gasteiger partial charge in [-0.15, -0.1) is 0 Å². The average Bonchev–Trinajstić information content (AvgIpc) is 2.10. The van der Waals surface area contributed by atoms with Crippen LogP contribution in [0.1, 0.15) is 12.5 Å². The SMILES string of the molecule is CC(N)(Cc1cc(Cl)ccc1O)C(F)F. The highest BCUT2D eigenvalue weighted by Gasteiger charge is 2.31. The zero-order valence-electron chi connectivity index (χ0n) is 8.17. The van der Waals surface area contributed by atoms with Crippen LogP contribution in [0.4, 0.5) is 8.78 Å². The molecule has 1 aromatic carbocycles. The van der Waals surface area contributed by atoms with Crippen LogP contribution in [-0.4, -0.2) is 17.1 Å². The highest BCUT2D eigenvalue weighted by molar-refractivity contribution is 6.30. The summed E-state index contributed by atoms with van der Waals surface area (Å²) in [5, 5.41) is 9.80. The van der Waals surface area contributed by atoms with Gasteiger partial charge in [0.1, 0.15) is 5.75 Å². The molecule has 1 unspecified atom stereocenters. The van der Waals surface area contributed by atoms with Crippen molar-refractivity contribution >= 4 is 11.6 Å². The molecule has 84 valence electrons. The van der Waals surface area contributed by atoms with E-state index in [2.05, 4.69) is 0 Å². The highest BCUT2D eigenvalue weighted by Crippen LogP contribution is 2.27. The Labute approximate surface area is 91.7 Å². The first-order valence-electron chi connectivity index (χ1n) is 4.37. The smallest absolute Gasteiger partial charge is 0.256 e. The molecule has 1 rings (SSSR count). The number of aromatic hydroxyl groups is 1. The molecule has 0 aromatic heterocycles. The second-order valence-corrected chi connectivity index (χ2v) is 4.19. The van der Waals surface area contributed by atoms with Crippen molar-refractivity contribution in [2.75, 3.05) is 0 Å². The van der Waals surface area contributed by atoms with Gasteiger partial charge in [-0.3, -0.25) is 0 Å². The minimum absolute atomic E-state index is 0.0725. The van der Waals surface area contributed by atoms with E-state index in [1.165, 1.54) is 25.1 Å². The maximum Gasteiger partial charge on any atom is 0.256 e. The fourth-order valence-corrected chi connectivity index (χ4v) is 1.38. The summed E-state index contributed by atoms with van der Waals surface area (Å²) in [6, 6.07) is 4.28. The zero-order chi connectivity index (χ0) is 11.6. The van der Waals surface area contributed by atoms with Gasteiger partial charge < -0.3 is 10.8 Å². The second kappa shape index (κ2) is 4.33. The normalized spacial score (nSPS) is 15.3. The number of nitrogens with two attached hydrogens (primary N) is 1. The quantitative estimate of drug-likeness (QED) is 0.846. The number of hydrogen-bond donors (Lipinski definition) is 2. The Kier molecular flexibility index (Phi) is 3.52. The van der Waals surface area contributed by atoms with Gasteiger partial charge in [-0.1, -0.05) is 11.6 Å². The summed E-state index contributed by atoms with van der Waals surface area (Å²) >= 11 is 5.69. The van der Waals surface area contributed by atoms with E-state index in [9.17, 15) is 13.9 Å². The fourth-order valence-electron chi connectivity index (χ4n) is 1.18. The molecule has 0 amide bonds. The molecule has 15 heavy (non-hydrogen) atoms. The number of phenols is 1. The minimum atomic E-state index is -2.66. The third-order valence-corrected chi connectivity index (χ3v) is 2.35. The molecular weight excluding hydrogens is 224 g/mol. The van der Waals surface area contributed by atoms with Crippen LogP contribution in [0.5, 0.6) is 5.75 Å². The maximum atomic E-state index is 12.5. The van der Waals surface area contributed by atoms with E-state index in [0.717, 1.165) is 0 Å². The summed E-state index contributed by atoms with van der Waals surface area (Å²) in [7, 11) is 0. The summed E-state index contributed by atoms with van der Waals surface area (Å²) in [4.78, 5) is 0. The Balaban J connectivity index is 2.94. The standard InChI is InChI=1S/C10H12ClF2NO/c1-10(14,9(12)13)5-6-4-7(11)2-3-8(6)15/h2-4,9,15H,5,14H2,1H3. The van der Waals surface area contributed by atoms with Gasteiger partial charge in [-0.05, 0) is 37.1 Å². The fraction of sp³-hybridized carbons (Fsp3) is 0.400. The number of hydrogen-bond acceptors (Lipinski definition) is 2. The van der Waals surface area contributed by atoms with E-state index >= 15 is 0 Å². The van der Waals surface area contributed by atoms with Crippen molar-refractivity contribution in [1.82, 2.24) is 0 Å². The van der Waals surface area contributed by atoms with Crippen LogP contribution in [0.25, 0.3) is 0 Å². The van der Waals surface area contributed by atoms with E-state index in [1.807, 2.05) is 0 Å². The summed E-state index contributed by atoms with van der Waals surface area (Å²) in [5.41, 5.74) is 4.07. The third-order valence-electron chi connectivity index (χ3n) is 2.11. The predicted molar refractivity (Wildman–Crippen MR) is 55.4 cm³/mol. The monoisotopic (exact) mass is 235 g/mol. The molecular formula is C10H12ClF2NO. The Morgan fingerprint density at radius 3 is 2.67 bits per heavy atom. The summed E-state index contributed by atoms with van der Waals surface area (Å²) in [6.07, 6.45) is -2.78. The van der Waals surface area contributed by atoms with E-state index in [1.54, 1.807) is 0 Å². The first-order chi connectivity index (χ1) is 6.83. The number of phenolic OH excluding ortho intramolecular Hbond substituents is 1. The molecule has 0 saturated carbocycles. The summed E-state index contributed by atoms with van der Waals surface area (Å²) < 4.78 is 25.0. The molecule has 0 spiro atoms. The topological polar surface area (TPSA) is 46.2 Å². The van der Waals surface area contributed by atoms with Crippen molar-refractivity contribution in [2.45, 2.75) is 25.3 Å². The second-order valence-electron chi connectivity index (χ2n) is 3.76. The Morgan fingerprint density at radius 1 is 1.53 bits per heavy atom. The van der Waals surface area contributed by atoms with Crippen molar-refractivity contribution in [1.29, 1.82) is 0 Å². The average molecular weight is 236 g/mol. The van der Waals surface area contributed by atoms with Gasteiger partial charge in [0.25, 0.3) is 6.43 Å². The lowest BCUT2D eigenvalue weighted by atomic mass is 9.94. The highest BCUT2D eigenvalue weighted by atomic mass is 35.5. The first-order valence-corrected chi connectivity index (χ1v) is 4.75. The van der Waals surface area contributed by atoms with Gasteiger partial charge >= 0.3 is 0 Å². The number of benzene rings is 1. The van der Waals surface area contributed by atoms with E-state index in [4.69, 9.17) is 17.3 Å². The van der Waals surface area contributed by atoms with Crippen LogP contribution in [0.3, 0.4) is 0 Å². The molecule has 5 heteroatoms. The van der Waals surface area contributed by atoms with Crippen molar-refractivity contribution < 1.29 is 13.9 Å². The number of alkyl halides is 2. The maximum absolute atomic E-state index is 12.5. The van der Waals surface area contributed by atoms with Gasteiger partial charge in [0.05, 0.1) is 5.54 Å². The van der Waals surface area contributed by atoms with Crippen LogP contribution >= 0.6 is 11.6 Å². The molecule has 0 saturated heterocycles. The molecule has 0 aliphatic carbocycles. The van der Waals surface area contributed by atoms with E-state index < -0.39 is 12.0 Å². The van der Waals surface area contributed by atoms with Crippen LogP contribution in [0, 0.1) is 0 Å². The van der Waals surface area contributed by atoms with Gasteiger partial charge in [0.2, 0.25) is 0 Å². The molecule has 0 heterocycles. The van der Waals surface area contributed by atoms with Gasteiger partial charge in [0.15, 0.2) is 0 Å². The third kappa shape index (κ3) is 3.04. The molecule has 0 bridgehead atoms. The van der Waals surface area contributed by atoms with Gasteiger partial charge in [-0.25, -0.2) is 8.78 Å². The zero-order valence-corrected chi connectivity index (χ0v) is 8.93. The van der Waals surface area contributed by atoms with Crippen LogP contribution in [-0.2, 0) is 6.42 Å². The minimum Gasteiger partial charge on any atom is -0.508 e. The molecule has 0 aliphatic rings. The van der Waals surface area contributed by atoms with Gasteiger partial charge in [-0.2, -0.15) is 0 Å². The molecule has 0 fully saturated rings. The Hall–Kier alpha value is -0.870. The van der Waals surface area contributed by atoms with Crippen LogP contribution in [0.2, 0.25) is 5.02 Å². The first kappa shape index (κ1) is 12.2. The molecule has 2 nitrogen and oxygen atoms in total. The molecule has 0 aliphatic heterocycles. The molecule has 1 atom stereocenters. The summed E-state index contributed by atoms with van der Waals surface area (Å²) in [5.74, 6) is -0.0725. The Morgan fingerprint density at radius 2 is 2.13 bits per heavy atom. The summed E-state index contributed by atoms with van der Waals surface area (Å²) in [6.45, 7) is 1.23. The Bertz CT molecular complexity index is 355. The lowest BCUT2D eigenvalue weighted by molar-refractivity contribution is 0.0636. The largest absolute Gasteiger partial charge is 0.508 e. The molecule has 0 radical (unpaired) electrons. The lowest BCUT2D eigenvalue weighted by Gasteiger charge is -2.23.